The number of carbonyl (C=O) groups is 1. The molecule has 2 aromatic rings. The summed E-state index contributed by atoms with van der Waals surface area (Å²) < 4.78 is 48.0. The highest BCUT2D eigenvalue weighted by Crippen LogP contribution is 2.49. The van der Waals surface area contributed by atoms with Crippen molar-refractivity contribution in [2.45, 2.75) is 23.4 Å². The third-order valence-electron chi connectivity index (χ3n) is 5.44. The molecule has 9 heteroatoms. The molecule has 4 unspecified atom stereocenters. The Bertz CT molecular complexity index is 975. The molecule has 0 saturated carbocycles. The van der Waals surface area contributed by atoms with E-state index >= 15 is 0 Å². The second-order valence-electron chi connectivity index (χ2n) is 7.29. The van der Waals surface area contributed by atoms with Gasteiger partial charge in [0.2, 0.25) is 0 Å². The quantitative estimate of drug-likeness (QED) is 0.775. The van der Waals surface area contributed by atoms with Gasteiger partial charge in [-0.3, -0.25) is 4.79 Å². The molecule has 2 aliphatic heterocycles. The number of hydrogen-bond donors (Lipinski definition) is 2. The van der Waals surface area contributed by atoms with E-state index in [0.717, 1.165) is 23.9 Å². The highest BCUT2D eigenvalue weighted by Gasteiger charge is 2.53. The van der Waals surface area contributed by atoms with Crippen molar-refractivity contribution in [2.75, 3.05) is 13.3 Å². The first-order valence-electron chi connectivity index (χ1n) is 9.44. The van der Waals surface area contributed by atoms with Gasteiger partial charge >= 0.3 is 0 Å². The van der Waals surface area contributed by atoms with Crippen LogP contribution in [0.4, 0.5) is 13.2 Å². The van der Waals surface area contributed by atoms with Crippen molar-refractivity contribution in [3.63, 3.8) is 0 Å². The summed E-state index contributed by atoms with van der Waals surface area (Å²) in [6, 6.07) is 11.7. The SMILES string of the molecule is NC1CC2C(CF)SC(NC(=O)c3ccccc3)=NC2(c2ccc(F)cc2F)CO1. The van der Waals surface area contributed by atoms with Crippen LogP contribution in [-0.4, -0.2) is 35.8 Å². The largest absolute Gasteiger partial charge is 0.361 e. The maximum absolute atomic E-state index is 14.8. The Kier molecular flexibility index (Phi) is 5.86. The minimum Gasteiger partial charge on any atom is -0.361 e. The number of amides is 1. The van der Waals surface area contributed by atoms with Crippen LogP contribution in [0.3, 0.4) is 0 Å². The number of ether oxygens (including phenoxy) is 1. The van der Waals surface area contributed by atoms with Gasteiger partial charge in [0.1, 0.15) is 30.1 Å². The van der Waals surface area contributed by atoms with Crippen LogP contribution in [0.2, 0.25) is 0 Å². The van der Waals surface area contributed by atoms with Gasteiger partial charge < -0.3 is 15.8 Å². The van der Waals surface area contributed by atoms with Crippen molar-refractivity contribution in [3.05, 3.63) is 71.3 Å². The molecule has 158 valence electrons. The highest BCUT2D eigenvalue weighted by atomic mass is 32.2. The minimum absolute atomic E-state index is 0.0889. The zero-order valence-corrected chi connectivity index (χ0v) is 16.7. The number of nitrogens with zero attached hydrogens (tertiary/aromatic N) is 1. The van der Waals surface area contributed by atoms with Crippen molar-refractivity contribution < 1.29 is 22.7 Å². The number of fused-ring (bicyclic) bond motifs is 1. The molecule has 1 fully saturated rings. The molecule has 0 aromatic heterocycles. The number of halogens is 3. The number of thioether (sulfide) groups is 1. The molecule has 1 saturated heterocycles. The van der Waals surface area contributed by atoms with Crippen molar-refractivity contribution in [2.24, 2.45) is 16.6 Å². The van der Waals surface area contributed by atoms with Gasteiger partial charge in [0, 0.05) is 28.4 Å². The summed E-state index contributed by atoms with van der Waals surface area (Å²) in [6.45, 7) is -0.837. The van der Waals surface area contributed by atoms with Crippen LogP contribution < -0.4 is 11.1 Å². The number of nitrogens with two attached hydrogens (primary N) is 1. The van der Waals surface area contributed by atoms with Gasteiger partial charge in [0.15, 0.2) is 5.17 Å². The number of alkyl halides is 1. The molecular formula is C21H20F3N3O2S. The van der Waals surface area contributed by atoms with Crippen LogP contribution in [0, 0.1) is 17.6 Å². The van der Waals surface area contributed by atoms with E-state index in [0.29, 0.717) is 5.56 Å². The van der Waals surface area contributed by atoms with E-state index in [2.05, 4.69) is 10.3 Å². The highest BCUT2D eigenvalue weighted by molar-refractivity contribution is 8.14. The fraction of sp³-hybridized carbons (Fsp3) is 0.333. The maximum atomic E-state index is 14.8. The van der Waals surface area contributed by atoms with Crippen molar-refractivity contribution in [1.82, 2.24) is 5.32 Å². The lowest BCUT2D eigenvalue weighted by molar-refractivity contribution is -0.0614. The number of nitrogens with one attached hydrogen (secondary N) is 1. The summed E-state index contributed by atoms with van der Waals surface area (Å²) in [4.78, 5) is 17.2. The fourth-order valence-electron chi connectivity index (χ4n) is 4.00. The molecule has 1 amide bonds. The zero-order chi connectivity index (χ0) is 21.3. The van der Waals surface area contributed by atoms with Crippen LogP contribution in [0.5, 0.6) is 0 Å². The lowest BCUT2D eigenvalue weighted by Crippen LogP contribution is -2.56. The first-order chi connectivity index (χ1) is 14.4. The normalized spacial score (nSPS) is 28.4. The Hall–Kier alpha value is -2.36. The lowest BCUT2D eigenvalue weighted by atomic mass is 9.73. The molecule has 0 radical (unpaired) electrons. The Balaban J connectivity index is 1.77. The van der Waals surface area contributed by atoms with E-state index in [1.165, 1.54) is 6.07 Å². The monoisotopic (exact) mass is 435 g/mol. The molecule has 5 nitrogen and oxygen atoms in total. The second kappa shape index (κ2) is 8.41. The molecular weight excluding hydrogens is 415 g/mol. The summed E-state index contributed by atoms with van der Waals surface area (Å²) in [5, 5.41) is 2.22. The predicted octanol–water partition coefficient (Wildman–Crippen LogP) is 3.35. The van der Waals surface area contributed by atoms with Gasteiger partial charge in [-0.25, -0.2) is 18.2 Å². The number of amidine groups is 1. The van der Waals surface area contributed by atoms with Gasteiger partial charge in [-0.15, -0.1) is 0 Å². The Morgan fingerprint density at radius 3 is 2.73 bits per heavy atom. The summed E-state index contributed by atoms with van der Waals surface area (Å²) >= 11 is 1.08. The molecule has 2 aliphatic rings. The summed E-state index contributed by atoms with van der Waals surface area (Å²) in [5.41, 5.74) is 5.09. The van der Waals surface area contributed by atoms with Crippen molar-refractivity contribution in [3.8, 4) is 0 Å². The van der Waals surface area contributed by atoms with Crippen LogP contribution in [0.1, 0.15) is 22.3 Å². The van der Waals surface area contributed by atoms with Gasteiger partial charge in [-0.05, 0) is 24.6 Å². The lowest BCUT2D eigenvalue weighted by Gasteiger charge is -2.48. The van der Waals surface area contributed by atoms with Crippen LogP contribution in [0.15, 0.2) is 53.5 Å². The predicted molar refractivity (Wildman–Crippen MR) is 109 cm³/mol. The average molecular weight is 435 g/mol. The first-order valence-corrected chi connectivity index (χ1v) is 10.3. The first kappa shape index (κ1) is 20.9. The molecule has 2 heterocycles. The van der Waals surface area contributed by atoms with E-state index in [1.54, 1.807) is 30.3 Å². The summed E-state index contributed by atoms with van der Waals surface area (Å²) in [7, 11) is 0. The van der Waals surface area contributed by atoms with Gasteiger partial charge in [-0.2, -0.15) is 0 Å². The standard InChI is InChI=1S/C21H20F3N3O2S/c22-10-17-15-9-18(25)29-11-21(15,14-7-6-13(23)8-16(14)24)27-20(30-17)26-19(28)12-4-2-1-3-5-12/h1-8,15,17-18H,9-11,25H2,(H,26,27,28). The molecule has 3 N–H and O–H groups in total. The number of hydrogen-bond acceptors (Lipinski definition) is 5. The molecule has 0 bridgehead atoms. The van der Waals surface area contributed by atoms with E-state index in [-0.39, 0.29) is 23.8 Å². The van der Waals surface area contributed by atoms with Crippen molar-refractivity contribution in [1.29, 1.82) is 0 Å². The number of carbonyl (C=O) groups excluding carboxylic acids is 1. The Morgan fingerprint density at radius 2 is 2.03 bits per heavy atom. The molecule has 30 heavy (non-hydrogen) atoms. The van der Waals surface area contributed by atoms with E-state index in [9.17, 15) is 18.0 Å². The second-order valence-corrected chi connectivity index (χ2v) is 8.52. The molecule has 2 aromatic carbocycles. The molecule has 0 aliphatic carbocycles. The fourth-order valence-corrected chi connectivity index (χ4v) is 5.21. The third kappa shape index (κ3) is 3.84. The summed E-state index contributed by atoms with van der Waals surface area (Å²) in [5.74, 6) is -2.44. The van der Waals surface area contributed by atoms with Crippen LogP contribution in [0.25, 0.3) is 0 Å². The van der Waals surface area contributed by atoms with Gasteiger partial charge in [0.25, 0.3) is 5.91 Å². The summed E-state index contributed by atoms with van der Waals surface area (Å²) in [6.07, 6.45) is -0.390. The van der Waals surface area contributed by atoms with Crippen LogP contribution in [-0.2, 0) is 10.3 Å². The topological polar surface area (TPSA) is 76.7 Å². The molecule has 0 spiro atoms. The van der Waals surface area contributed by atoms with Gasteiger partial charge in [-0.1, -0.05) is 36.0 Å². The molecule has 4 atom stereocenters. The smallest absolute Gasteiger partial charge is 0.257 e. The maximum Gasteiger partial charge on any atom is 0.257 e. The zero-order valence-electron chi connectivity index (χ0n) is 15.9. The number of aliphatic imine (C=N–C) groups is 1. The van der Waals surface area contributed by atoms with Gasteiger partial charge in [0.05, 0.1) is 6.61 Å². The third-order valence-corrected chi connectivity index (χ3v) is 6.61. The van der Waals surface area contributed by atoms with Crippen LogP contribution >= 0.6 is 11.8 Å². The minimum atomic E-state index is -1.32. The number of benzene rings is 2. The van der Waals surface area contributed by atoms with E-state index in [4.69, 9.17) is 10.5 Å². The Morgan fingerprint density at radius 1 is 1.27 bits per heavy atom. The average Bonchev–Trinajstić information content (AvgIpc) is 2.74. The van der Waals surface area contributed by atoms with E-state index < -0.39 is 47.2 Å². The molecule has 4 rings (SSSR count). The Labute approximate surface area is 175 Å². The number of rotatable bonds is 3. The van der Waals surface area contributed by atoms with E-state index in [1.807, 2.05) is 0 Å². The van der Waals surface area contributed by atoms with Crippen molar-refractivity contribution >= 4 is 22.8 Å².